The molecule has 0 atom stereocenters. The molecule has 2 rings (SSSR count). The van der Waals surface area contributed by atoms with Gasteiger partial charge < -0.3 is 0 Å². The van der Waals surface area contributed by atoms with Crippen LogP contribution in [-0.4, -0.2) is 13.4 Å². The van der Waals surface area contributed by atoms with E-state index in [0.717, 1.165) is 10.4 Å². The zero-order valence-electron chi connectivity index (χ0n) is 9.55. The van der Waals surface area contributed by atoms with E-state index in [2.05, 4.69) is 9.71 Å². The number of halogens is 1. The Hall–Kier alpha value is -0.950. The van der Waals surface area contributed by atoms with Gasteiger partial charge in [-0.3, -0.25) is 0 Å². The molecule has 0 spiro atoms. The predicted molar refractivity (Wildman–Crippen MR) is 72.3 cm³/mol. The van der Waals surface area contributed by atoms with Crippen molar-refractivity contribution in [2.45, 2.75) is 18.4 Å². The van der Waals surface area contributed by atoms with E-state index < -0.39 is 10.0 Å². The minimum atomic E-state index is -3.53. The van der Waals surface area contributed by atoms with Gasteiger partial charge in [-0.15, -0.1) is 11.3 Å². The standard InChI is InChI=1S/C11H11ClN2O2S2/c1-8-4-5-17-10(8)7-14-18(15,16)9-2-3-11(12)13-6-9/h2-6,14H,7H2,1H3. The van der Waals surface area contributed by atoms with Crippen molar-refractivity contribution in [1.29, 1.82) is 0 Å². The van der Waals surface area contributed by atoms with Crippen molar-refractivity contribution in [3.63, 3.8) is 0 Å². The Morgan fingerprint density at radius 3 is 2.72 bits per heavy atom. The van der Waals surface area contributed by atoms with Crippen molar-refractivity contribution >= 4 is 33.0 Å². The van der Waals surface area contributed by atoms with Gasteiger partial charge >= 0.3 is 0 Å². The van der Waals surface area contributed by atoms with Crippen LogP contribution in [0.25, 0.3) is 0 Å². The van der Waals surface area contributed by atoms with E-state index in [-0.39, 0.29) is 16.6 Å². The van der Waals surface area contributed by atoms with Gasteiger partial charge in [-0.2, -0.15) is 0 Å². The molecule has 0 saturated heterocycles. The van der Waals surface area contributed by atoms with E-state index in [4.69, 9.17) is 11.6 Å². The van der Waals surface area contributed by atoms with Crippen molar-refractivity contribution < 1.29 is 8.42 Å². The van der Waals surface area contributed by atoms with Crippen LogP contribution in [0.3, 0.4) is 0 Å². The van der Waals surface area contributed by atoms with Crippen LogP contribution in [0, 0.1) is 6.92 Å². The van der Waals surface area contributed by atoms with Crippen LogP contribution in [0.2, 0.25) is 5.15 Å². The van der Waals surface area contributed by atoms with Gasteiger partial charge in [0.15, 0.2) is 0 Å². The molecule has 0 unspecified atom stereocenters. The second-order valence-corrected chi connectivity index (χ2v) is 6.82. The maximum atomic E-state index is 12.0. The smallest absolute Gasteiger partial charge is 0.242 e. The second-order valence-electron chi connectivity index (χ2n) is 3.67. The van der Waals surface area contributed by atoms with Crippen molar-refractivity contribution in [3.8, 4) is 0 Å². The molecule has 0 aliphatic heterocycles. The molecular weight excluding hydrogens is 292 g/mol. The first-order valence-electron chi connectivity index (χ1n) is 5.13. The summed E-state index contributed by atoms with van der Waals surface area (Å²) in [5.74, 6) is 0. The van der Waals surface area contributed by atoms with E-state index >= 15 is 0 Å². The summed E-state index contributed by atoms with van der Waals surface area (Å²) in [6.07, 6.45) is 1.24. The molecule has 0 aliphatic rings. The molecule has 4 nitrogen and oxygen atoms in total. The van der Waals surface area contributed by atoms with Crippen LogP contribution in [0.1, 0.15) is 10.4 Å². The molecule has 96 valence electrons. The number of nitrogens with one attached hydrogen (secondary N) is 1. The Bertz CT molecular complexity index is 635. The first-order chi connectivity index (χ1) is 8.49. The Kier molecular flexibility index (Phi) is 4.01. The highest BCUT2D eigenvalue weighted by Gasteiger charge is 2.14. The highest BCUT2D eigenvalue weighted by Crippen LogP contribution is 2.16. The van der Waals surface area contributed by atoms with Crippen LogP contribution >= 0.6 is 22.9 Å². The van der Waals surface area contributed by atoms with Crippen LogP contribution in [0.5, 0.6) is 0 Å². The highest BCUT2D eigenvalue weighted by atomic mass is 35.5. The Labute approximate surface area is 115 Å². The minimum absolute atomic E-state index is 0.112. The molecule has 1 N–H and O–H groups in total. The van der Waals surface area contributed by atoms with Gasteiger partial charge in [-0.1, -0.05) is 11.6 Å². The van der Waals surface area contributed by atoms with E-state index in [1.165, 1.54) is 29.7 Å². The lowest BCUT2D eigenvalue weighted by Crippen LogP contribution is -2.23. The van der Waals surface area contributed by atoms with Crippen LogP contribution in [0.4, 0.5) is 0 Å². The molecule has 0 amide bonds. The largest absolute Gasteiger partial charge is 0.243 e. The third-order valence-electron chi connectivity index (χ3n) is 2.40. The molecule has 0 fully saturated rings. The summed E-state index contributed by atoms with van der Waals surface area (Å²) in [6, 6.07) is 4.84. The van der Waals surface area contributed by atoms with Gasteiger partial charge in [0.05, 0.1) is 0 Å². The SMILES string of the molecule is Cc1ccsc1CNS(=O)(=O)c1ccc(Cl)nc1. The molecular formula is C11H11ClN2O2S2. The quantitative estimate of drug-likeness (QED) is 0.883. The fraction of sp³-hybridized carbons (Fsp3) is 0.182. The number of hydrogen-bond donors (Lipinski definition) is 1. The zero-order chi connectivity index (χ0) is 13.2. The topological polar surface area (TPSA) is 59.1 Å². The molecule has 0 aliphatic carbocycles. The van der Waals surface area contributed by atoms with Crippen molar-refractivity contribution in [2.24, 2.45) is 0 Å². The second kappa shape index (κ2) is 5.36. The normalized spacial score (nSPS) is 11.7. The summed E-state index contributed by atoms with van der Waals surface area (Å²) in [4.78, 5) is 4.87. The minimum Gasteiger partial charge on any atom is -0.243 e. The number of sulfonamides is 1. The molecule has 2 aromatic rings. The zero-order valence-corrected chi connectivity index (χ0v) is 11.9. The summed E-state index contributed by atoms with van der Waals surface area (Å²) in [6.45, 7) is 2.23. The third-order valence-corrected chi connectivity index (χ3v) is 5.03. The van der Waals surface area contributed by atoms with Gasteiger partial charge in [0.1, 0.15) is 10.0 Å². The number of hydrogen-bond acceptors (Lipinski definition) is 4. The van der Waals surface area contributed by atoms with Gasteiger partial charge in [-0.05, 0) is 36.1 Å². The van der Waals surface area contributed by atoms with Crippen molar-refractivity contribution in [1.82, 2.24) is 9.71 Å². The number of nitrogens with zero attached hydrogens (tertiary/aromatic N) is 1. The maximum absolute atomic E-state index is 12.0. The van der Waals surface area contributed by atoms with Crippen LogP contribution < -0.4 is 4.72 Å². The average Bonchev–Trinajstić information content (AvgIpc) is 2.73. The summed E-state index contributed by atoms with van der Waals surface area (Å²) >= 11 is 7.14. The molecule has 0 saturated carbocycles. The fourth-order valence-electron chi connectivity index (χ4n) is 1.35. The molecule has 0 bridgehead atoms. The summed E-state index contributed by atoms with van der Waals surface area (Å²) in [7, 11) is -3.53. The third kappa shape index (κ3) is 3.08. The average molecular weight is 303 g/mol. The number of aryl methyl sites for hydroxylation is 1. The fourth-order valence-corrected chi connectivity index (χ4v) is 3.34. The van der Waals surface area contributed by atoms with Crippen LogP contribution in [0.15, 0.2) is 34.7 Å². The summed E-state index contributed by atoms with van der Waals surface area (Å²) in [5, 5.41) is 2.20. The van der Waals surface area contributed by atoms with E-state index in [1.54, 1.807) is 0 Å². The molecule has 18 heavy (non-hydrogen) atoms. The Morgan fingerprint density at radius 2 is 2.17 bits per heavy atom. The number of thiophene rings is 1. The van der Waals surface area contributed by atoms with E-state index in [9.17, 15) is 8.42 Å². The van der Waals surface area contributed by atoms with Gasteiger partial charge in [0.25, 0.3) is 0 Å². The first-order valence-corrected chi connectivity index (χ1v) is 7.87. The molecule has 0 aromatic carbocycles. The lowest BCUT2D eigenvalue weighted by atomic mass is 10.3. The van der Waals surface area contributed by atoms with E-state index in [1.807, 2.05) is 18.4 Å². The lowest BCUT2D eigenvalue weighted by molar-refractivity contribution is 0.581. The van der Waals surface area contributed by atoms with Crippen molar-refractivity contribution in [3.05, 3.63) is 45.4 Å². The van der Waals surface area contributed by atoms with E-state index in [0.29, 0.717) is 0 Å². The predicted octanol–water partition coefficient (Wildman–Crippen LogP) is 2.58. The number of rotatable bonds is 4. The van der Waals surface area contributed by atoms with Gasteiger partial charge in [-0.25, -0.2) is 18.1 Å². The highest BCUT2D eigenvalue weighted by molar-refractivity contribution is 7.89. The number of aromatic nitrogens is 1. The summed E-state index contributed by atoms with van der Waals surface area (Å²) in [5.41, 5.74) is 1.08. The van der Waals surface area contributed by atoms with Gasteiger partial charge in [0, 0.05) is 17.6 Å². The summed E-state index contributed by atoms with van der Waals surface area (Å²) < 4.78 is 26.5. The molecule has 2 aromatic heterocycles. The monoisotopic (exact) mass is 302 g/mol. The lowest BCUT2D eigenvalue weighted by Gasteiger charge is -2.06. The molecule has 2 heterocycles. The molecule has 7 heteroatoms. The Morgan fingerprint density at radius 1 is 1.39 bits per heavy atom. The first kappa shape index (κ1) is 13.5. The number of pyridine rings is 1. The van der Waals surface area contributed by atoms with Crippen LogP contribution in [-0.2, 0) is 16.6 Å². The molecule has 0 radical (unpaired) electrons. The maximum Gasteiger partial charge on any atom is 0.242 e. The Balaban J connectivity index is 2.13. The van der Waals surface area contributed by atoms with Gasteiger partial charge in [0.2, 0.25) is 10.0 Å². The van der Waals surface area contributed by atoms with Crippen molar-refractivity contribution in [2.75, 3.05) is 0 Å².